The van der Waals surface area contributed by atoms with Crippen molar-refractivity contribution in [2.24, 2.45) is 7.05 Å². The highest BCUT2D eigenvalue weighted by molar-refractivity contribution is 7.13. The Bertz CT molecular complexity index is 1200. The van der Waals surface area contributed by atoms with E-state index in [1.54, 1.807) is 13.2 Å². The van der Waals surface area contributed by atoms with Crippen molar-refractivity contribution in [3.63, 3.8) is 0 Å². The second-order valence-electron chi connectivity index (χ2n) is 5.96. The lowest BCUT2D eigenvalue weighted by Gasteiger charge is -2.01. The predicted molar refractivity (Wildman–Crippen MR) is 108 cm³/mol. The van der Waals surface area contributed by atoms with Gasteiger partial charge < -0.3 is 9.30 Å². The van der Waals surface area contributed by atoms with Gasteiger partial charge in [-0.2, -0.15) is 5.26 Å². The summed E-state index contributed by atoms with van der Waals surface area (Å²) in [6.07, 6.45) is 1.78. The minimum absolute atomic E-state index is 0.483. The highest BCUT2D eigenvalue weighted by Gasteiger charge is 2.13. The summed E-state index contributed by atoms with van der Waals surface area (Å²) in [5.41, 5.74) is 4.06. The number of rotatable bonds is 4. The number of aryl methyl sites for hydroxylation is 1. The fraction of sp³-hybridized carbons (Fsp3) is 0.0952. The van der Waals surface area contributed by atoms with Gasteiger partial charge in [0.1, 0.15) is 16.8 Å². The van der Waals surface area contributed by atoms with E-state index < -0.39 is 0 Å². The Balaban J connectivity index is 1.72. The van der Waals surface area contributed by atoms with E-state index in [1.165, 1.54) is 11.3 Å². The molecule has 0 radical (unpaired) electrons. The smallest absolute Gasteiger partial charge is 0.151 e. The molecule has 0 fully saturated rings. The Kier molecular flexibility index (Phi) is 4.45. The van der Waals surface area contributed by atoms with E-state index in [4.69, 9.17) is 4.74 Å². The van der Waals surface area contributed by atoms with Crippen LogP contribution in [0.5, 0.6) is 5.75 Å². The lowest BCUT2D eigenvalue weighted by atomic mass is 10.2. The van der Waals surface area contributed by atoms with E-state index >= 15 is 0 Å². The Hall–Kier alpha value is -3.43. The van der Waals surface area contributed by atoms with Crippen LogP contribution in [-0.2, 0) is 7.05 Å². The molecule has 0 atom stereocenters. The fourth-order valence-electron chi connectivity index (χ4n) is 2.92. The monoisotopic (exact) mass is 372 g/mol. The largest absolute Gasteiger partial charge is 0.497 e. The summed E-state index contributed by atoms with van der Waals surface area (Å²) in [4.78, 5) is 9.25. The molecular weight excluding hydrogens is 356 g/mol. The topological polar surface area (TPSA) is 63.7 Å². The van der Waals surface area contributed by atoms with Crippen LogP contribution in [0, 0.1) is 11.3 Å². The van der Waals surface area contributed by atoms with Crippen LogP contribution in [0.1, 0.15) is 11.5 Å². The molecule has 0 N–H and O–H groups in total. The number of imidazole rings is 1. The molecule has 2 aromatic carbocycles. The number of methoxy groups -OCH3 is 1. The van der Waals surface area contributed by atoms with Crippen LogP contribution in [0.3, 0.4) is 0 Å². The standard InChI is InChI=1S/C21H16N4OS/c1-25-19-9-4-3-8-18(19)24-20(25)15(12-22)10-16-13-27-21(23-16)14-6-5-7-17(11-14)26-2/h3-11,13H,1-2H3/b15-10-. The van der Waals surface area contributed by atoms with Gasteiger partial charge in [0.15, 0.2) is 5.82 Å². The molecule has 132 valence electrons. The summed E-state index contributed by atoms with van der Waals surface area (Å²) < 4.78 is 7.21. The Morgan fingerprint density at radius 1 is 1.19 bits per heavy atom. The van der Waals surface area contributed by atoms with Gasteiger partial charge in [-0.15, -0.1) is 11.3 Å². The highest BCUT2D eigenvalue weighted by atomic mass is 32.1. The molecular formula is C21H16N4OS. The third kappa shape index (κ3) is 3.21. The van der Waals surface area contributed by atoms with Crippen molar-refractivity contribution in [2.75, 3.05) is 7.11 Å². The Morgan fingerprint density at radius 2 is 2.04 bits per heavy atom. The second kappa shape index (κ2) is 7.06. The van der Waals surface area contributed by atoms with Gasteiger partial charge in [-0.05, 0) is 30.3 Å². The third-order valence-electron chi connectivity index (χ3n) is 4.28. The lowest BCUT2D eigenvalue weighted by Crippen LogP contribution is -1.96. The minimum atomic E-state index is 0.483. The van der Waals surface area contributed by atoms with Crippen LogP contribution in [0.15, 0.2) is 53.9 Å². The van der Waals surface area contributed by atoms with Crippen molar-refractivity contribution in [2.45, 2.75) is 0 Å². The van der Waals surface area contributed by atoms with Gasteiger partial charge in [0, 0.05) is 18.0 Å². The number of fused-ring (bicyclic) bond motifs is 1. The summed E-state index contributed by atoms with van der Waals surface area (Å²) in [7, 11) is 3.56. The molecule has 0 aliphatic rings. The zero-order valence-electron chi connectivity index (χ0n) is 14.9. The molecule has 6 heteroatoms. The Morgan fingerprint density at radius 3 is 2.81 bits per heavy atom. The molecule has 0 saturated carbocycles. The first-order valence-corrected chi connectivity index (χ1v) is 9.21. The molecule has 0 bridgehead atoms. The zero-order valence-corrected chi connectivity index (χ0v) is 15.7. The molecule has 27 heavy (non-hydrogen) atoms. The van der Waals surface area contributed by atoms with Gasteiger partial charge in [0.05, 0.1) is 29.4 Å². The van der Waals surface area contributed by atoms with Crippen molar-refractivity contribution in [3.05, 3.63) is 65.4 Å². The van der Waals surface area contributed by atoms with Crippen molar-refractivity contribution >= 4 is 34.0 Å². The van der Waals surface area contributed by atoms with Crippen LogP contribution in [-0.4, -0.2) is 21.6 Å². The van der Waals surface area contributed by atoms with Gasteiger partial charge in [-0.3, -0.25) is 0 Å². The zero-order chi connectivity index (χ0) is 18.8. The number of para-hydroxylation sites is 2. The quantitative estimate of drug-likeness (QED) is 0.484. The maximum atomic E-state index is 9.67. The van der Waals surface area contributed by atoms with E-state index in [0.717, 1.165) is 33.0 Å². The minimum Gasteiger partial charge on any atom is -0.497 e. The van der Waals surface area contributed by atoms with E-state index in [1.807, 2.05) is 65.5 Å². The van der Waals surface area contributed by atoms with Gasteiger partial charge in [0.2, 0.25) is 0 Å². The number of nitrogens with zero attached hydrogens (tertiary/aromatic N) is 4. The number of allylic oxidation sites excluding steroid dienone is 1. The summed E-state index contributed by atoms with van der Waals surface area (Å²) >= 11 is 1.53. The molecule has 0 amide bonds. The molecule has 0 spiro atoms. The molecule has 2 heterocycles. The van der Waals surface area contributed by atoms with Crippen molar-refractivity contribution in [3.8, 4) is 22.4 Å². The molecule has 4 aromatic rings. The number of benzene rings is 2. The van der Waals surface area contributed by atoms with E-state index in [0.29, 0.717) is 11.4 Å². The summed E-state index contributed by atoms with van der Waals surface area (Å²) in [6, 6.07) is 17.9. The molecule has 5 nitrogen and oxygen atoms in total. The van der Waals surface area contributed by atoms with Gasteiger partial charge in [-0.25, -0.2) is 9.97 Å². The van der Waals surface area contributed by atoms with Gasteiger partial charge in [0.25, 0.3) is 0 Å². The Labute approximate surface area is 160 Å². The average molecular weight is 372 g/mol. The number of hydrogen-bond donors (Lipinski definition) is 0. The fourth-order valence-corrected chi connectivity index (χ4v) is 3.70. The normalized spacial score (nSPS) is 11.5. The molecule has 0 aliphatic heterocycles. The molecule has 0 aliphatic carbocycles. The van der Waals surface area contributed by atoms with Crippen LogP contribution in [0.4, 0.5) is 0 Å². The summed E-state index contributed by atoms with van der Waals surface area (Å²) in [5, 5.41) is 12.5. The van der Waals surface area contributed by atoms with E-state index in [9.17, 15) is 5.26 Å². The van der Waals surface area contributed by atoms with E-state index in [2.05, 4.69) is 16.0 Å². The highest BCUT2D eigenvalue weighted by Crippen LogP contribution is 2.28. The average Bonchev–Trinajstić information content (AvgIpc) is 3.31. The molecule has 4 rings (SSSR count). The third-order valence-corrected chi connectivity index (χ3v) is 5.19. The van der Waals surface area contributed by atoms with Crippen molar-refractivity contribution in [1.29, 1.82) is 5.26 Å². The first-order chi connectivity index (χ1) is 13.2. The molecule has 2 aromatic heterocycles. The van der Waals surface area contributed by atoms with Gasteiger partial charge >= 0.3 is 0 Å². The predicted octanol–water partition coefficient (Wildman–Crippen LogP) is 4.77. The van der Waals surface area contributed by atoms with Crippen LogP contribution in [0.2, 0.25) is 0 Å². The number of nitriles is 1. The first kappa shape index (κ1) is 17.0. The second-order valence-corrected chi connectivity index (χ2v) is 6.82. The van der Waals surface area contributed by atoms with Crippen molar-refractivity contribution in [1.82, 2.24) is 14.5 Å². The van der Waals surface area contributed by atoms with Crippen LogP contribution < -0.4 is 4.74 Å². The summed E-state index contributed by atoms with van der Waals surface area (Å²) in [5.74, 6) is 1.42. The van der Waals surface area contributed by atoms with Crippen LogP contribution in [0.25, 0.3) is 33.3 Å². The van der Waals surface area contributed by atoms with Crippen LogP contribution >= 0.6 is 11.3 Å². The van der Waals surface area contributed by atoms with Crippen molar-refractivity contribution < 1.29 is 4.74 Å². The number of aromatic nitrogens is 3. The summed E-state index contributed by atoms with van der Waals surface area (Å²) in [6.45, 7) is 0. The SMILES string of the molecule is COc1cccc(-c2nc(/C=C(/C#N)c3nc4ccccc4n3C)cs2)c1. The number of ether oxygens (including phenoxy) is 1. The maximum absolute atomic E-state index is 9.67. The van der Waals surface area contributed by atoms with E-state index in [-0.39, 0.29) is 0 Å². The number of thiazole rings is 1. The van der Waals surface area contributed by atoms with Gasteiger partial charge in [-0.1, -0.05) is 24.3 Å². The molecule has 0 unspecified atom stereocenters. The molecule has 0 saturated heterocycles. The maximum Gasteiger partial charge on any atom is 0.151 e. The number of hydrogen-bond acceptors (Lipinski definition) is 5. The lowest BCUT2D eigenvalue weighted by molar-refractivity contribution is 0.415. The first-order valence-electron chi connectivity index (χ1n) is 8.33.